The molecule has 1 aromatic heterocycles. The molecule has 0 saturated heterocycles. The Hall–Kier alpha value is -2.31. The van der Waals surface area contributed by atoms with Crippen LogP contribution >= 0.6 is 0 Å². The number of nitrogens with zero attached hydrogens (tertiary/aromatic N) is 2. The van der Waals surface area contributed by atoms with Gasteiger partial charge < -0.3 is 10.1 Å². The monoisotopic (exact) mass is 283 g/mol. The number of nitrogens with one attached hydrogen (secondary N) is 1. The number of benzene rings is 1. The molecule has 1 aromatic carbocycles. The number of hydrogen-bond acceptors (Lipinski definition) is 4. The third-order valence-electron chi connectivity index (χ3n) is 2.46. The second-order valence-corrected chi connectivity index (χ2v) is 4.05. The first-order valence-electron chi connectivity index (χ1n) is 5.80. The molecule has 0 saturated carbocycles. The second-order valence-electron chi connectivity index (χ2n) is 4.05. The Morgan fingerprint density at radius 3 is 2.65 bits per heavy atom. The van der Waals surface area contributed by atoms with Gasteiger partial charge in [-0.3, -0.25) is 0 Å². The summed E-state index contributed by atoms with van der Waals surface area (Å²) in [4.78, 5) is 7.91. The second kappa shape index (κ2) is 5.77. The van der Waals surface area contributed by atoms with Crippen LogP contribution in [-0.4, -0.2) is 16.3 Å². The number of halogens is 3. The highest BCUT2D eigenvalue weighted by atomic mass is 19.4. The number of alkyl halides is 3. The summed E-state index contributed by atoms with van der Waals surface area (Å²) in [5.74, 6) is 0.317. The van der Waals surface area contributed by atoms with Gasteiger partial charge in [0.1, 0.15) is 17.9 Å². The van der Waals surface area contributed by atoms with Gasteiger partial charge in [-0.05, 0) is 13.0 Å². The minimum atomic E-state index is -4.71. The summed E-state index contributed by atoms with van der Waals surface area (Å²) in [6, 6.07) is 7.66. The van der Waals surface area contributed by atoms with E-state index >= 15 is 0 Å². The average molecular weight is 283 g/mol. The molecule has 106 valence electrons. The molecule has 0 aliphatic rings. The molecule has 0 unspecified atom stereocenters. The Morgan fingerprint density at radius 2 is 1.95 bits per heavy atom. The lowest BCUT2D eigenvalue weighted by Crippen LogP contribution is -2.18. The summed E-state index contributed by atoms with van der Waals surface area (Å²) in [7, 11) is 0. The van der Waals surface area contributed by atoms with Crippen molar-refractivity contribution < 1.29 is 17.9 Å². The van der Waals surface area contributed by atoms with Crippen molar-refractivity contribution in [1.82, 2.24) is 9.97 Å². The molecule has 1 N–H and O–H groups in total. The van der Waals surface area contributed by atoms with E-state index in [9.17, 15) is 13.2 Å². The number of ether oxygens (including phenoxy) is 1. The molecule has 0 atom stereocenters. The SMILES string of the molecule is Cc1cc(NCc2ccccc2OC(F)(F)F)ncn1. The molecular formula is C13H12F3N3O. The van der Waals surface area contributed by atoms with Gasteiger partial charge in [0, 0.05) is 23.9 Å². The summed E-state index contributed by atoms with van der Waals surface area (Å²) in [5.41, 5.74) is 1.16. The quantitative estimate of drug-likeness (QED) is 0.935. The molecule has 0 aliphatic carbocycles. The van der Waals surface area contributed by atoms with Gasteiger partial charge in [-0.1, -0.05) is 18.2 Å². The minimum absolute atomic E-state index is 0.169. The third kappa shape index (κ3) is 4.11. The van der Waals surface area contributed by atoms with Crippen molar-refractivity contribution in [2.45, 2.75) is 19.8 Å². The van der Waals surface area contributed by atoms with E-state index in [1.165, 1.54) is 18.5 Å². The van der Waals surface area contributed by atoms with Crippen molar-refractivity contribution in [3.63, 3.8) is 0 Å². The standard InChI is InChI=1S/C13H12F3N3O/c1-9-6-12(19-8-18-9)17-7-10-4-2-3-5-11(10)20-13(14,15)16/h2-6,8H,7H2,1H3,(H,17,18,19). The van der Waals surface area contributed by atoms with Crippen LogP contribution in [0.4, 0.5) is 19.0 Å². The van der Waals surface area contributed by atoms with E-state index in [4.69, 9.17) is 0 Å². The maximum Gasteiger partial charge on any atom is 0.573 e. The van der Waals surface area contributed by atoms with Gasteiger partial charge in [0.2, 0.25) is 0 Å². The molecule has 0 fully saturated rings. The maximum absolute atomic E-state index is 12.3. The van der Waals surface area contributed by atoms with Crippen molar-refractivity contribution >= 4 is 5.82 Å². The molecule has 0 radical (unpaired) electrons. The zero-order valence-corrected chi connectivity index (χ0v) is 10.6. The van der Waals surface area contributed by atoms with E-state index in [0.29, 0.717) is 11.4 Å². The lowest BCUT2D eigenvalue weighted by atomic mass is 10.2. The highest BCUT2D eigenvalue weighted by molar-refractivity contribution is 5.40. The van der Waals surface area contributed by atoms with Gasteiger partial charge in [-0.25, -0.2) is 9.97 Å². The Balaban J connectivity index is 2.09. The highest BCUT2D eigenvalue weighted by Crippen LogP contribution is 2.26. The first kappa shape index (κ1) is 14.1. The first-order valence-corrected chi connectivity index (χ1v) is 5.80. The van der Waals surface area contributed by atoms with Gasteiger partial charge >= 0.3 is 6.36 Å². The van der Waals surface area contributed by atoms with Gasteiger partial charge in [-0.2, -0.15) is 0 Å². The lowest BCUT2D eigenvalue weighted by Gasteiger charge is -2.13. The summed E-state index contributed by atoms with van der Waals surface area (Å²) < 4.78 is 40.8. The van der Waals surface area contributed by atoms with Crippen LogP contribution in [0.3, 0.4) is 0 Å². The van der Waals surface area contributed by atoms with Crippen molar-refractivity contribution in [1.29, 1.82) is 0 Å². The minimum Gasteiger partial charge on any atom is -0.405 e. The van der Waals surface area contributed by atoms with Crippen molar-refractivity contribution in [2.75, 3.05) is 5.32 Å². The molecule has 20 heavy (non-hydrogen) atoms. The summed E-state index contributed by atoms with van der Waals surface area (Å²) >= 11 is 0. The van der Waals surface area contributed by atoms with Gasteiger partial charge in [-0.15, -0.1) is 13.2 Å². The van der Waals surface area contributed by atoms with Crippen LogP contribution in [0.5, 0.6) is 5.75 Å². The predicted octanol–water partition coefficient (Wildman–Crippen LogP) is 3.30. The maximum atomic E-state index is 12.3. The zero-order valence-electron chi connectivity index (χ0n) is 10.6. The summed E-state index contributed by atoms with van der Waals surface area (Å²) in [5, 5.41) is 2.93. The molecule has 0 amide bonds. The van der Waals surface area contributed by atoms with E-state index in [0.717, 1.165) is 5.69 Å². The molecule has 1 heterocycles. The van der Waals surface area contributed by atoms with Gasteiger partial charge in [0.05, 0.1) is 0 Å². The Labute approximate surface area is 113 Å². The van der Waals surface area contributed by atoms with E-state index in [1.54, 1.807) is 25.1 Å². The van der Waals surface area contributed by atoms with Gasteiger partial charge in [0.15, 0.2) is 0 Å². The number of anilines is 1. The third-order valence-corrected chi connectivity index (χ3v) is 2.46. The van der Waals surface area contributed by atoms with E-state index in [-0.39, 0.29) is 12.3 Å². The topological polar surface area (TPSA) is 47.0 Å². The van der Waals surface area contributed by atoms with Crippen molar-refractivity contribution in [2.24, 2.45) is 0 Å². The molecule has 0 spiro atoms. The van der Waals surface area contributed by atoms with Crippen LogP contribution in [-0.2, 0) is 6.54 Å². The fourth-order valence-corrected chi connectivity index (χ4v) is 1.61. The van der Waals surface area contributed by atoms with Crippen LogP contribution < -0.4 is 10.1 Å². The smallest absolute Gasteiger partial charge is 0.405 e. The molecule has 2 rings (SSSR count). The predicted molar refractivity (Wildman–Crippen MR) is 67.2 cm³/mol. The number of aryl methyl sites for hydroxylation is 1. The molecule has 2 aromatic rings. The largest absolute Gasteiger partial charge is 0.573 e. The number of rotatable bonds is 4. The normalized spacial score (nSPS) is 11.2. The molecule has 4 nitrogen and oxygen atoms in total. The van der Waals surface area contributed by atoms with Crippen LogP contribution in [0.2, 0.25) is 0 Å². The lowest BCUT2D eigenvalue weighted by molar-refractivity contribution is -0.274. The Kier molecular flexibility index (Phi) is 4.07. The summed E-state index contributed by atoms with van der Waals surface area (Å²) in [6.45, 7) is 1.97. The van der Waals surface area contributed by atoms with Crippen molar-refractivity contribution in [3.05, 3.63) is 47.9 Å². The Bertz CT molecular complexity index is 587. The number of para-hydroxylation sites is 1. The number of hydrogen-bond donors (Lipinski definition) is 1. The first-order chi connectivity index (χ1) is 9.44. The molecule has 7 heteroatoms. The van der Waals surface area contributed by atoms with Crippen LogP contribution in [0.15, 0.2) is 36.7 Å². The van der Waals surface area contributed by atoms with Crippen LogP contribution in [0.25, 0.3) is 0 Å². The molecular weight excluding hydrogens is 271 g/mol. The molecule has 0 aliphatic heterocycles. The average Bonchev–Trinajstić information content (AvgIpc) is 2.36. The fourth-order valence-electron chi connectivity index (χ4n) is 1.61. The fraction of sp³-hybridized carbons (Fsp3) is 0.231. The van der Waals surface area contributed by atoms with E-state index in [1.807, 2.05) is 0 Å². The van der Waals surface area contributed by atoms with E-state index in [2.05, 4.69) is 20.0 Å². The van der Waals surface area contributed by atoms with Crippen molar-refractivity contribution in [3.8, 4) is 5.75 Å². The Morgan fingerprint density at radius 1 is 1.20 bits per heavy atom. The highest BCUT2D eigenvalue weighted by Gasteiger charge is 2.31. The number of aromatic nitrogens is 2. The van der Waals surface area contributed by atoms with Crippen LogP contribution in [0.1, 0.15) is 11.3 Å². The summed E-state index contributed by atoms with van der Waals surface area (Å²) in [6.07, 6.45) is -3.32. The van der Waals surface area contributed by atoms with Gasteiger partial charge in [0.25, 0.3) is 0 Å². The van der Waals surface area contributed by atoms with Crippen LogP contribution in [0, 0.1) is 6.92 Å². The molecule has 0 bridgehead atoms. The van der Waals surface area contributed by atoms with E-state index < -0.39 is 6.36 Å². The zero-order chi connectivity index (χ0) is 14.6.